The second-order valence-electron chi connectivity index (χ2n) is 5.50. The molecule has 1 rings (SSSR count). The van der Waals surface area contributed by atoms with E-state index in [4.69, 9.17) is 5.11 Å². The topological polar surface area (TPSA) is 69.6 Å². The van der Waals surface area contributed by atoms with Crippen LogP contribution in [0.25, 0.3) is 0 Å². The van der Waals surface area contributed by atoms with Gasteiger partial charge in [0.25, 0.3) is 0 Å². The number of carbonyl (C=O) groups is 1. The molecule has 0 unspecified atom stereocenters. The zero-order valence-corrected chi connectivity index (χ0v) is 10.2. The van der Waals surface area contributed by atoms with Crippen molar-refractivity contribution in [3.63, 3.8) is 0 Å². The monoisotopic (exact) mass is 229 g/mol. The highest BCUT2D eigenvalue weighted by Gasteiger charge is 2.25. The van der Waals surface area contributed by atoms with Crippen molar-refractivity contribution in [3.8, 4) is 0 Å². The average molecular weight is 229 g/mol. The van der Waals surface area contributed by atoms with Crippen molar-refractivity contribution in [2.75, 3.05) is 13.1 Å². The number of hydrogen-bond donors (Lipinski definition) is 3. The molecule has 0 radical (unpaired) electrons. The molecule has 1 aliphatic carbocycles. The summed E-state index contributed by atoms with van der Waals surface area (Å²) in [5.74, 6) is -0.216. The Morgan fingerprint density at radius 3 is 2.31 bits per heavy atom. The van der Waals surface area contributed by atoms with Crippen LogP contribution < -0.4 is 5.32 Å². The molecule has 0 heterocycles. The van der Waals surface area contributed by atoms with Gasteiger partial charge in [0.05, 0.1) is 11.5 Å². The molecule has 0 aromatic rings. The molecule has 0 aromatic carbocycles. The normalized spacial score (nSPS) is 26.7. The van der Waals surface area contributed by atoms with E-state index in [-0.39, 0.29) is 5.92 Å². The Labute approximate surface area is 97.0 Å². The highest BCUT2D eigenvalue weighted by Crippen LogP contribution is 2.28. The number of hydrogen-bond acceptors (Lipinski definition) is 3. The van der Waals surface area contributed by atoms with Gasteiger partial charge in [-0.25, -0.2) is 0 Å². The Kier molecular flexibility index (Phi) is 4.74. The van der Waals surface area contributed by atoms with Gasteiger partial charge in [0, 0.05) is 6.54 Å². The van der Waals surface area contributed by atoms with Gasteiger partial charge in [0.15, 0.2) is 0 Å². The van der Waals surface area contributed by atoms with E-state index < -0.39 is 11.6 Å². The lowest BCUT2D eigenvalue weighted by molar-refractivity contribution is -0.143. The van der Waals surface area contributed by atoms with E-state index in [1.165, 1.54) is 0 Å². The van der Waals surface area contributed by atoms with Gasteiger partial charge in [-0.2, -0.15) is 0 Å². The Morgan fingerprint density at radius 2 is 1.88 bits per heavy atom. The largest absolute Gasteiger partial charge is 0.481 e. The fourth-order valence-corrected chi connectivity index (χ4v) is 2.20. The van der Waals surface area contributed by atoms with E-state index in [0.717, 1.165) is 32.2 Å². The number of aliphatic hydroxyl groups is 1. The minimum atomic E-state index is -0.668. The van der Waals surface area contributed by atoms with Crippen LogP contribution in [0.1, 0.15) is 39.5 Å². The third kappa shape index (κ3) is 4.94. The maximum absolute atomic E-state index is 10.8. The first-order valence-corrected chi connectivity index (χ1v) is 6.04. The van der Waals surface area contributed by atoms with Crippen molar-refractivity contribution in [1.82, 2.24) is 5.32 Å². The molecule has 0 amide bonds. The summed E-state index contributed by atoms with van der Waals surface area (Å²) in [6, 6.07) is 0. The lowest BCUT2D eigenvalue weighted by Gasteiger charge is -2.27. The van der Waals surface area contributed by atoms with Crippen LogP contribution in [-0.4, -0.2) is 34.9 Å². The van der Waals surface area contributed by atoms with Gasteiger partial charge in [-0.05, 0) is 52.0 Å². The summed E-state index contributed by atoms with van der Waals surface area (Å²) in [4.78, 5) is 10.8. The SMILES string of the molecule is CC(C)(O)CNCC1CCC(C(=O)O)CC1. The Hall–Kier alpha value is -0.610. The molecule has 1 saturated carbocycles. The molecule has 0 spiro atoms. The number of carboxylic acids is 1. The van der Waals surface area contributed by atoms with Gasteiger partial charge in [-0.15, -0.1) is 0 Å². The standard InChI is InChI=1S/C12H23NO3/c1-12(2,16)8-13-7-9-3-5-10(6-4-9)11(14)15/h9-10,13,16H,3-8H2,1-2H3,(H,14,15). The summed E-state index contributed by atoms with van der Waals surface area (Å²) in [6.07, 6.45) is 3.56. The first kappa shape index (κ1) is 13.5. The number of aliphatic carboxylic acids is 1. The van der Waals surface area contributed by atoms with Crippen LogP contribution in [0.2, 0.25) is 0 Å². The van der Waals surface area contributed by atoms with Crippen LogP contribution in [0, 0.1) is 11.8 Å². The summed E-state index contributed by atoms with van der Waals surface area (Å²) in [6.45, 7) is 5.03. The Balaban J connectivity index is 2.15. The number of carboxylic acid groups (broad SMARTS) is 1. The predicted octanol–water partition coefficient (Wildman–Crippen LogP) is 1.24. The van der Waals surface area contributed by atoms with Gasteiger partial charge >= 0.3 is 5.97 Å². The summed E-state index contributed by atoms with van der Waals surface area (Å²) in [5, 5.41) is 21.6. The van der Waals surface area contributed by atoms with Crippen LogP contribution in [0.15, 0.2) is 0 Å². The molecule has 16 heavy (non-hydrogen) atoms. The molecule has 1 aliphatic rings. The van der Waals surface area contributed by atoms with E-state index in [9.17, 15) is 9.90 Å². The molecule has 4 heteroatoms. The van der Waals surface area contributed by atoms with Crippen molar-refractivity contribution in [3.05, 3.63) is 0 Å². The van der Waals surface area contributed by atoms with E-state index in [0.29, 0.717) is 12.5 Å². The van der Waals surface area contributed by atoms with Gasteiger partial charge in [0.1, 0.15) is 0 Å². The molecule has 0 bridgehead atoms. The van der Waals surface area contributed by atoms with Crippen molar-refractivity contribution >= 4 is 5.97 Å². The van der Waals surface area contributed by atoms with Crippen LogP contribution >= 0.6 is 0 Å². The smallest absolute Gasteiger partial charge is 0.306 e. The quantitative estimate of drug-likeness (QED) is 0.663. The molecule has 4 nitrogen and oxygen atoms in total. The van der Waals surface area contributed by atoms with Gasteiger partial charge in [-0.1, -0.05) is 0 Å². The summed E-state index contributed by atoms with van der Waals surface area (Å²) in [7, 11) is 0. The first-order valence-electron chi connectivity index (χ1n) is 6.04. The fraction of sp³-hybridized carbons (Fsp3) is 0.917. The van der Waals surface area contributed by atoms with Gasteiger partial charge in [-0.3, -0.25) is 4.79 Å². The molecule has 0 saturated heterocycles. The molecule has 0 aliphatic heterocycles. The van der Waals surface area contributed by atoms with E-state index in [2.05, 4.69) is 5.32 Å². The van der Waals surface area contributed by atoms with E-state index in [1.54, 1.807) is 13.8 Å². The average Bonchev–Trinajstić information content (AvgIpc) is 2.16. The minimum absolute atomic E-state index is 0.134. The van der Waals surface area contributed by atoms with E-state index >= 15 is 0 Å². The molecule has 3 N–H and O–H groups in total. The molecule has 0 aromatic heterocycles. The maximum atomic E-state index is 10.8. The highest BCUT2D eigenvalue weighted by atomic mass is 16.4. The second-order valence-corrected chi connectivity index (χ2v) is 5.50. The molecular weight excluding hydrogens is 206 g/mol. The van der Waals surface area contributed by atoms with Crippen LogP contribution in [-0.2, 0) is 4.79 Å². The predicted molar refractivity (Wildman–Crippen MR) is 62.3 cm³/mol. The summed E-state index contributed by atoms with van der Waals surface area (Å²) >= 11 is 0. The Morgan fingerprint density at radius 1 is 1.31 bits per heavy atom. The van der Waals surface area contributed by atoms with Crippen molar-refractivity contribution in [2.24, 2.45) is 11.8 Å². The molecular formula is C12H23NO3. The first-order chi connectivity index (χ1) is 7.38. The van der Waals surface area contributed by atoms with Gasteiger partial charge in [0.2, 0.25) is 0 Å². The third-order valence-corrected chi connectivity index (χ3v) is 3.19. The van der Waals surface area contributed by atoms with Gasteiger partial charge < -0.3 is 15.5 Å². The number of nitrogens with one attached hydrogen (secondary N) is 1. The zero-order valence-electron chi connectivity index (χ0n) is 10.2. The second kappa shape index (κ2) is 5.64. The third-order valence-electron chi connectivity index (χ3n) is 3.19. The maximum Gasteiger partial charge on any atom is 0.306 e. The number of rotatable bonds is 5. The van der Waals surface area contributed by atoms with Crippen molar-refractivity contribution < 1.29 is 15.0 Å². The summed E-state index contributed by atoms with van der Waals surface area (Å²) < 4.78 is 0. The molecule has 1 fully saturated rings. The fourth-order valence-electron chi connectivity index (χ4n) is 2.20. The molecule has 94 valence electrons. The lowest BCUT2D eigenvalue weighted by atomic mass is 9.82. The highest BCUT2D eigenvalue weighted by molar-refractivity contribution is 5.69. The zero-order chi connectivity index (χ0) is 12.2. The minimum Gasteiger partial charge on any atom is -0.481 e. The molecule has 0 atom stereocenters. The Bertz CT molecular complexity index is 227. The lowest BCUT2D eigenvalue weighted by Crippen LogP contribution is -2.38. The van der Waals surface area contributed by atoms with Crippen LogP contribution in [0.4, 0.5) is 0 Å². The van der Waals surface area contributed by atoms with Crippen molar-refractivity contribution in [2.45, 2.75) is 45.1 Å². The van der Waals surface area contributed by atoms with Crippen LogP contribution in [0.5, 0.6) is 0 Å². The van der Waals surface area contributed by atoms with Crippen LogP contribution in [0.3, 0.4) is 0 Å². The van der Waals surface area contributed by atoms with E-state index in [1.807, 2.05) is 0 Å². The summed E-state index contributed by atoms with van der Waals surface area (Å²) in [5.41, 5.74) is -0.668. The van der Waals surface area contributed by atoms with Crippen molar-refractivity contribution in [1.29, 1.82) is 0 Å².